The first-order valence-corrected chi connectivity index (χ1v) is 9.41. The Bertz CT molecular complexity index is 920. The second kappa shape index (κ2) is 8.27. The molecule has 0 saturated carbocycles. The van der Waals surface area contributed by atoms with Gasteiger partial charge in [0, 0.05) is 41.8 Å². The molecule has 2 heterocycles. The fourth-order valence-electron chi connectivity index (χ4n) is 3.16. The molecule has 0 amide bonds. The van der Waals surface area contributed by atoms with Crippen LogP contribution in [-0.4, -0.2) is 43.4 Å². The van der Waals surface area contributed by atoms with Gasteiger partial charge in [0.1, 0.15) is 11.6 Å². The summed E-state index contributed by atoms with van der Waals surface area (Å²) < 4.78 is 10.6. The van der Waals surface area contributed by atoms with Crippen molar-refractivity contribution in [3.8, 4) is 17.1 Å². The molecule has 1 aliphatic rings. The number of hydrogen-bond donors (Lipinski definition) is 1. The smallest absolute Gasteiger partial charge is 0.161 e. The van der Waals surface area contributed by atoms with Gasteiger partial charge >= 0.3 is 0 Å². The lowest BCUT2D eigenvalue weighted by Gasteiger charge is -2.28. The van der Waals surface area contributed by atoms with Crippen molar-refractivity contribution in [2.75, 3.05) is 43.6 Å². The molecule has 1 N–H and O–H groups in total. The first-order chi connectivity index (χ1) is 13.7. The molecular weight excluding hydrogens is 352 g/mol. The minimum atomic E-state index is 0.681. The van der Waals surface area contributed by atoms with Gasteiger partial charge in [0.25, 0.3) is 0 Å². The Morgan fingerprint density at radius 3 is 2.39 bits per heavy atom. The highest BCUT2D eigenvalue weighted by Gasteiger charge is 2.11. The third-order valence-electron chi connectivity index (χ3n) is 4.83. The number of morpholine rings is 1. The van der Waals surface area contributed by atoms with E-state index in [-0.39, 0.29) is 0 Å². The van der Waals surface area contributed by atoms with Gasteiger partial charge in [-0.2, -0.15) is 0 Å². The number of aromatic nitrogens is 2. The second-order valence-electron chi connectivity index (χ2n) is 6.73. The minimum Gasteiger partial charge on any atom is -0.497 e. The summed E-state index contributed by atoms with van der Waals surface area (Å²) in [5, 5.41) is 3.42. The summed E-state index contributed by atoms with van der Waals surface area (Å²) in [6, 6.07) is 16.2. The molecule has 1 aliphatic heterocycles. The van der Waals surface area contributed by atoms with Crippen molar-refractivity contribution < 1.29 is 9.47 Å². The number of hydrogen-bond acceptors (Lipinski definition) is 6. The molecule has 6 heteroatoms. The molecule has 0 radical (unpaired) electrons. The molecular formula is C22H24N4O2. The standard InChI is InChI=1S/C22H24N4O2/c1-16-15-23-22(17-3-9-20(27-2)10-4-17)25-21(16)24-18-5-7-19(8-6-18)26-11-13-28-14-12-26/h3-10,15H,11-14H2,1-2H3,(H,23,24,25). The van der Waals surface area contributed by atoms with Crippen molar-refractivity contribution in [2.45, 2.75) is 6.92 Å². The van der Waals surface area contributed by atoms with E-state index in [1.54, 1.807) is 7.11 Å². The van der Waals surface area contributed by atoms with Gasteiger partial charge in [-0.25, -0.2) is 9.97 Å². The van der Waals surface area contributed by atoms with Crippen LogP contribution in [0.25, 0.3) is 11.4 Å². The molecule has 1 saturated heterocycles. The molecule has 3 aromatic rings. The zero-order chi connectivity index (χ0) is 19.3. The molecule has 28 heavy (non-hydrogen) atoms. The van der Waals surface area contributed by atoms with Crippen molar-refractivity contribution in [1.82, 2.24) is 9.97 Å². The zero-order valence-corrected chi connectivity index (χ0v) is 16.2. The summed E-state index contributed by atoms with van der Waals surface area (Å²) in [5.74, 6) is 2.30. The molecule has 6 nitrogen and oxygen atoms in total. The molecule has 0 bridgehead atoms. The van der Waals surface area contributed by atoms with Gasteiger partial charge < -0.3 is 19.7 Å². The van der Waals surface area contributed by atoms with Crippen LogP contribution in [-0.2, 0) is 4.74 Å². The minimum absolute atomic E-state index is 0.681. The Kier molecular flexibility index (Phi) is 5.39. The number of nitrogens with zero attached hydrogens (tertiary/aromatic N) is 3. The van der Waals surface area contributed by atoms with E-state index in [9.17, 15) is 0 Å². The number of methoxy groups -OCH3 is 1. The van der Waals surface area contributed by atoms with Crippen molar-refractivity contribution in [3.05, 3.63) is 60.3 Å². The van der Waals surface area contributed by atoms with Gasteiger partial charge in [-0.15, -0.1) is 0 Å². The third kappa shape index (κ3) is 4.07. The van der Waals surface area contributed by atoms with Gasteiger partial charge in [0.05, 0.1) is 20.3 Å². The molecule has 0 unspecified atom stereocenters. The van der Waals surface area contributed by atoms with Gasteiger partial charge in [0.2, 0.25) is 0 Å². The Morgan fingerprint density at radius 2 is 1.71 bits per heavy atom. The number of aryl methyl sites for hydroxylation is 1. The number of anilines is 3. The monoisotopic (exact) mass is 376 g/mol. The quantitative estimate of drug-likeness (QED) is 0.725. The van der Waals surface area contributed by atoms with Crippen LogP contribution < -0.4 is 15.0 Å². The van der Waals surface area contributed by atoms with Crippen LogP contribution in [0.1, 0.15) is 5.56 Å². The Labute approximate surface area is 165 Å². The number of nitrogens with one attached hydrogen (secondary N) is 1. The highest BCUT2D eigenvalue weighted by Crippen LogP contribution is 2.25. The summed E-state index contributed by atoms with van der Waals surface area (Å²) in [7, 11) is 1.66. The first-order valence-electron chi connectivity index (χ1n) is 9.41. The van der Waals surface area contributed by atoms with E-state index in [1.165, 1.54) is 5.69 Å². The average molecular weight is 376 g/mol. The fourth-order valence-corrected chi connectivity index (χ4v) is 3.16. The maximum atomic E-state index is 5.42. The van der Waals surface area contributed by atoms with Crippen LogP contribution in [0.15, 0.2) is 54.7 Å². The number of rotatable bonds is 5. The van der Waals surface area contributed by atoms with E-state index in [4.69, 9.17) is 14.5 Å². The van der Waals surface area contributed by atoms with Gasteiger partial charge in [-0.1, -0.05) is 0 Å². The van der Waals surface area contributed by atoms with Gasteiger partial charge in [-0.3, -0.25) is 0 Å². The highest BCUT2D eigenvalue weighted by molar-refractivity contribution is 5.65. The lowest BCUT2D eigenvalue weighted by Crippen LogP contribution is -2.36. The predicted octanol–water partition coefficient (Wildman–Crippen LogP) is 4.04. The van der Waals surface area contributed by atoms with Gasteiger partial charge in [-0.05, 0) is 55.5 Å². The lowest BCUT2D eigenvalue weighted by atomic mass is 10.2. The largest absolute Gasteiger partial charge is 0.497 e. The molecule has 1 fully saturated rings. The summed E-state index contributed by atoms with van der Waals surface area (Å²) in [4.78, 5) is 11.5. The Balaban J connectivity index is 1.52. The van der Waals surface area contributed by atoms with Crippen molar-refractivity contribution >= 4 is 17.2 Å². The number of benzene rings is 2. The molecule has 0 spiro atoms. The SMILES string of the molecule is COc1ccc(-c2ncc(C)c(Nc3ccc(N4CCOCC4)cc3)n2)cc1. The van der Waals surface area contributed by atoms with E-state index in [2.05, 4.69) is 39.5 Å². The van der Waals surface area contributed by atoms with E-state index in [0.717, 1.165) is 54.7 Å². The highest BCUT2D eigenvalue weighted by atomic mass is 16.5. The Morgan fingerprint density at radius 1 is 1.00 bits per heavy atom. The summed E-state index contributed by atoms with van der Waals surface area (Å²) in [6.45, 7) is 5.44. The normalized spacial score (nSPS) is 14.0. The lowest BCUT2D eigenvalue weighted by molar-refractivity contribution is 0.122. The number of ether oxygens (including phenoxy) is 2. The maximum Gasteiger partial charge on any atom is 0.161 e. The van der Waals surface area contributed by atoms with Crippen LogP contribution in [0.5, 0.6) is 5.75 Å². The maximum absolute atomic E-state index is 5.42. The molecule has 0 aliphatic carbocycles. The van der Waals surface area contributed by atoms with Crippen molar-refractivity contribution in [3.63, 3.8) is 0 Å². The molecule has 1 aromatic heterocycles. The molecule has 2 aromatic carbocycles. The van der Waals surface area contributed by atoms with E-state index >= 15 is 0 Å². The van der Waals surface area contributed by atoms with Crippen LogP contribution in [0.2, 0.25) is 0 Å². The third-order valence-corrected chi connectivity index (χ3v) is 4.83. The average Bonchev–Trinajstić information content (AvgIpc) is 2.76. The van der Waals surface area contributed by atoms with Crippen LogP contribution in [0.4, 0.5) is 17.2 Å². The van der Waals surface area contributed by atoms with Crippen molar-refractivity contribution in [1.29, 1.82) is 0 Å². The molecule has 144 valence electrons. The molecule has 0 atom stereocenters. The van der Waals surface area contributed by atoms with Gasteiger partial charge in [0.15, 0.2) is 5.82 Å². The first kappa shape index (κ1) is 18.3. The molecule has 4 rings (SSSR count). The summed E-state index contributed by atoms with van der Waals surface area (Å²) in [6.07, 6.45) is 1.84. The zero-order valence-electron chi connectivity index (χ0n) is 16.2. The summed E-state index contributed by atoms with van der Waals surface area (Å²) >= 11 is 0. The van der Waals surface area contributed by atoms with E-state index in [1.807, 2.05) is 37.4 Å². The van der Waals surface area contributed by atoms with Crippen molar-refractivity contribution in [2.24, 2.45) is 0 Å². The predicted molar refractivity (Wildman–Crippen MR) is 112 cm³/mol. The second-order valence-corrected chi connectivity index (χ2v) is 6.73. The van der Waals surface area contributed by atoms with Crippen LogP contribution in [0.3, 0.4) is 0 Å². The summed E-state index contributed by atoms with van der Waals surface area (Å²) in [5.41, 5.74) is 4.16. The van der Waals surface area contributed by atoms with E-state index < -0.39 is 0 Å². The topological polar surface area (TPSA) is 59.5 Å². The van der Waals surface area contributed by atoms with Crippen LogP contribution in [0, 0.1) is 6.92 Å². The van der Waals surface area contributed by atoms with E-state index in [0.29, 0.717) is 5.82 Å². The fraction of sp³-hybridized carbons (Fsp3) is 0.273. The van der Waals surface area contributed by atoms with Crippen LogP contribution >= 0.6 is 0 Å². The Hall–Kier alpha value is -3.12.